The normalized spacial score (nSPS) is 15.3. The third-order valence-corrected chi connectivity index (χ3v) is 1.60. The van der Waals surface area contributed by atoms with Gasteiger partial charge in [0.05, 0.1) is 12.5 Å². The van der Waals surface area contributed by atoms with Gasteiger partial charge in [0.2, 0.25) is 0 Å². The molecule has 0 fully saturated rings. The highest BCUT2D eigenvalue weighted by Gasteiger charge is 2.23. The van der Waals surface area contributed by atoms with Crippen molar-refractivity contribution >= 4 is 5.97 Å². The second-order valence-electron chi connectivity index (χ2n) is 2.64. The number of aliphatic hydroxyl groups excluding tert-OH is 1. The Balaban J connectivity index is 4.00. The number of hydrogen-bond donors (Lipinski definition) is 2. The molecule has 0 saturated heterocycles. The lowest BCUT2D eigenvalue weighted by Crippen LogP contribution is -2.36. The van der Waals surface area contributed by atoms with Gasteiger partial charge in [0.25, 0.3) is 0 Å². The number of rotatable bonds is 5. The highest BCUT2D eigenvalue weighted by Crippen LogP contribution is 2.10. The van der Waals surface area contributed by atoms with Gasteiger partial charge in [-0.2, -0.15) is 0 Å². The lowest BCUT2D eigenvalue weighted by atomic mass is 10.0. The van der Waals surface area contributed by atoms with E-state index in [1.54, 1.807) is 6.92 Å². The first kappa shape index (κ1) is 11.4. The van der Waals surface area contributed by atoms with Crippen LogP contribution < -0.4 is 5.73 Å². The highest BCUT2D eigenvalue weighted by atomic mass is 16.5. The number of hydrogen-bond acceptors (Lipinski definition) is 4. The van der Waals surface area contributed by atoms with Crippen LogP contribution in [0.15, 0.2) is 0 Å². The first-order valence-corrected chi connectivity index (χ1v) is 4.23. The minimum atomic E-state index is -1.11. The van der Waals surface area contributed by atoms with E-state index in [0.717, 1.165) is 6.42 Å². The minimum Gasteiger partial charge on any atom is -0.466 e. The van der Waals surface area contributed by atoms with Gasteiger partial charge in [-0.05, 0) is 13.3 Å². The standard InChI is InChI=1S/C8H17NO3/c1-3-5-6(7(9)10)8(11)12-4-2/h6-7,10H,3-5,9H2,1-2H3. The van der Waals surface area contributed by atoms with Crippen LogP contribution >= 0.6 is 0 Å². The number of carbonyl (C=O) groups excluding carboxylic acids is 1. The van der Waals surface area contributed by atoms with Crippen molar-refractivity contribution in [3.63, 3.8) is 0 Å². The van der Waals surface area contributed by atoms with Crippen LogP contribution in [0.5, 0.6) is 0 Å². The summed E-state index contributed by atoms with van der Waals surface area (Å²) in [6.07, 6.45) is 0.262. The largest absolute Gasteiger partial charge is 0.466 e. The average Bonchev–Trinajstić information content (AvgIpc) is 1.99. The minimum absolute atomic E-state index is 0.325. The van der Waals surface area contributed by atoms with Crippen molar-refractivity contribution in [3.05, 3.63) is 0 Å². The summed E-state index contributed by atoms with van der Waals surface area (Å²) >= 11 is 0. The van der Waals surface area contributed by atoms with Crippen LogP contribution in [-0.4, -0.2) is 23.9 Å². The van der Waals surface area contributed by atoms with E-state index in [-0.39, 0.29) is 0 Å². The van der Waals surface area contributed by atoms with Crippen LogP contribution in [0, 0.1) is 5.92 Å². The Labute approximate surface area is 72.7 Å². The van der Waals surface area contributed by atoms with Gasteiger partial charge in [-0.1, -0.05) is 13.3 Å². The summed E-state index contributed by atoms with van der Waals surface area (Å²) in [6, 6.07) is 0. The molecule has 3 N–H and O–H groups in total. The second kappa shape index (κ2) is 5.97. The molecule has 0 aromatic carbocycles. The van der Waals surface area contributed by atoms with Gasteiger partial charge in [-0.15, -0.1) is 0 Å². The molecule has 4 heteroatoms. The number of aliphatic hydroxyl groups is 1. The number of carbonyl (C=O) groups is 1. The van der Waals surface area contributed by atoms with Crippen LogP contribution in [0.2, 0.25) is 0 Å². The summed E-state index contributed by atoms with van der Waals surface area (Å²) in [5.74, 6) is -0.982. The predicted molar refractivity (Wildman–Crippen MR) is 45.2 cm³/mol. The molecule has 0 saturated carbocycles. The van der Waals surface area contributed by atoms with Gasteiger partial charge in [0.15, 0.2) is 0 Å². The zero-order chi connectivity index (χ0) is 9.56. The lowest BCUT2D eigenvalue weighted by molar-refractivity contribution is -0.152. The molecule has 0 aliphatic rings. The van der Waals surface area contributed by atoms with E-state index in [2.05, 4.69) is 0 Å². The predicted octanol–water partition coefficient (Wildman–Crippen LogP) is 0.243. The fourth-order valence-corrected chi connectivity index (χ4v) is 0.988. The fourth-order valence-electron chi connectivity index (χ4n) is 0.988. The molecule has 0 aliphatic carbocycles. The van der Waals surface area contributed by atoms with Gasteiger partial charge in [-0.3, -0.25) is 4.79 Å². The summed E-state index contributed by atoms with van der Waals surface area (Å²) in [6.45, 7) is 3.98. The van der Waals surface area contributed by atoms with Gasteiger partial charge in [-0.25, -0.2) is 0 Å². The zero-order valence-electron chi connectivity index (χ0n) is 7.62. The molecule has 2 unspecified atom stereocenters. The van der Waals surface area contributed by atoms with Gasteiger partial charge in [0, 0.05) is 0 Å². The van der Waals surface area contributed by atoms with Crippen molar-refractivity contribution in [3.8, 4) is 0 Å². The summed E-state index contributed by atoms with van der Waals surface area (Å²) in [5, 5.41) is 9.02. The van der Waals surface area contributed by atoms with E-state index in [9.17, 15) is 4.79 Å². The maximum Gasteiger partial charge on any atom is 0.312 e. The van der Waals surface area contributed by atoms with E-state index in [4.69, 9.17) is 15.6 Å². The van der Waals surface area contributed by atoms with Crippen LogP contribution in [0.25, 0.3) is 0 Å². The molecule has 0 amide bonds. The number of esters is 1. The Kier molecular flexibility index (Phi) is 5.66. The third-order valence-electron chi connectivity index (χ3n) is 1.60. The quantitative estimate of drug-likeness (QED) is 0.464. The maximum atomic E-state index is 11.1. The van der Waals surface area contributed by atoms with E-state index < -0.39 is 18.1 Å². The third kappa shape index (κ3) is 3.69. The first-order valence-electron chi connectivity index (χ1n) is 4.23. The van der Waals surface area contributed by atoms with Crippen molar-refractivity contribution in [1.29, 1.82) is 0 Å². The number of nitrogens with two attached hydrogens (primary N) is 1. The first-order chi connectivity index (χ1) is 5.63. The molecule has 72 valence electrons. The molecule has 0 rings (SSSR count). The van der Waals surface area contributed by atoms with E-state index in [1.165, 1.54) is 0 Å². The summed E-state index contributed by atoms with van der Waals surface area (Å²) in [4.78, 5) is 11.1. The average molecular weight is 175 g/mol. The van der Waals surface area contributed by atoms with Crippen molar-refractivity contribution < 1.29 is 14.6 Å². The van der Waals surface area contributed by atoms with Gasteiger partial charge < -0.3 is 15.6 Å². The van der Waals surface area contributed by atoms with Crippen molar-refractivity contribution in [2.45, 2.75) is 32.9 Å². The summed E-state index contributed by atoms with van der Waals surface area (Å²) < 4.78 is 4.74. The molecular formula is C8H17NO3. The Morgan fingerprint density at radius 3 is 2.50 bits per heavy atom. The lowest BCUT2D eigenvalue weighted by Gasteiger charge is -2.16. The molecule has 0 aromatic heterocycles. The van der Waals surface area contributed by atoms with Crippen molar-refractivity contribution in [2.24, 2.45) is 11.7 Å². The molecule has 4 nitrogen and oxygen atoms in total. The Hall–Kier alpha value is -0.610. The van der Waals surface area contributed by atoms with Crippen molar-refractivity contribution in [1.82, 2.24) is 0 Å². The van der Waals surface area contributed by atoms with Crippen LogP contribution in [0.1, 0.15) is 26.7 Å². The molecule has 0 heterocycles. The van der Waals surface area contributed by atoms with Crippen LogP contribution in [0.3, 0.4) is 0 Å². The highest BCUT2D eigenvalue weighted by molar-refractivity contribution is 5.72. The molecule has 0 radical (unpaired) electrons. The monoisotopic (exact) mass is 175 g/mol. The Bertz CT molecular complexity index is 136. The molecule has 0 aromatic rings. The second-order valence-corrected chi connectivity index (χ2v) is 2.64. The Morgan fingerprint density at radius 1 is 1.58 bits per heavy atom. The summed E-state index contributed by atoms with van der Waals surface area (Å²) in [7, 11) is 0. The SMILES string of the molecule is CCCC(C(=O)OCC)C(N)O. The zero-order valence-corrected chi connectivity index (χ0v) is 7.62. The van der Waals surface area contributed by atoms with Gasteiger partial charge >= 0.3 is 5.97 Å². The van der Waals surface area contributed by atoms with E-state index >= 15 is 0 Å². The molecule has 2 atom stereocenters. The van der Waals surface area contributed by atoms with E-state index in [1.807, 2.05) is 6.92 Å². The summed E-state index contributed by atoms with van der Waals surface area (Å²) in [5.41, 5.74) is 5.21. The molecular weight excluding hydrogens is 158 g/mol. The molecule has 0 aliphatic heterocycles. The van der Waals surface area contributed by atoms with Crippen LogP contribution in [0.4, 0.5) is 0 Å². The number of ether oxygens (including phenoxy) is 1. The molecule has 0 bridgehead atoms. The topological polar surface area (TPSA) is 72.5 Å². The Morgan fingerprint density at radius 2 is 2.17 bits per heavy atom. The maximum absolute atomic E-state index is 11.1. The van der Waals surface area contributed by atoms with Gasteiger partial charge in [0.1, 0.15) is 6.23 Å². The van der Waals surface area contributed by atoms with Crippen LogP contribution in [-0.2, 0) is 9.53 Å². The molecule has 0 spiro atoms. The van der Waals surface area contributed by atoms with Crippen molar-refractivity contribution in [2.75, 3.05) is 6.61 Å². The fraction of sp³-hybridized carbons (Fsp3) is 0.875. The smallest absolute Gasteiger partial charge is 0.312 e. The van der Waals surface area contributed by atoms with E-state index in [0.29, 0.717) is 13.0 Å². The molecule has 12 heavy (non-hydrogen) atoms.